The summed E-state index contributed by atoms with van der Waals surface area (Å²) in [6.45, 7) is 2.50. The molecule has 9 heteroatoms. The van der Waals surface area contributed by atoms with Crippen LogP contribution in [0, 0.1) is 0 Å². The molecule has 4 aromatic rings. The summed E-state index contributed by atoms with van der Waals surface area (Å²) < 4.78 is 1.74. The van der Waals surface area contributed by atoms with Crippen LogP contribution in [0.3, 0.4) is 0 Å². The maximum atomic E-state index is 12.0. The number of aromatic amines is 1. The zero-order valence-electron chi connectivity index (χ0n) is 17.3. The third kappa shape index (κ3) is 3.98. The molecule has 1 aliphatic rings. The Labute approximate surface area is 185 Å². The van der Waals surface area contributed by atoms with Gasteiger partial charge in [-0.05, 0) is 55.5 Å². The lowest BCUT2D eigenvalue weighted by Gasteiger charge is -2.11. The highest BCUT2D eigenvalue weighted by atomic mass is 35.5. The smallest absolute Gasteiger partial charge is 0.251 e. The van der Waals surface area contributed by atoms with Gasteiger partial charge in [0.25, 0.3) is 5.91 Å². The molecule has 2 aromatic heterocycles. The summed E-state index contributed by atoms with van der Waals surface area (Å²) in [6, 6.07) is 11.4. The molecule has 1 saturated carbocycles. The van der Waals surface area contributed by atoms with Gasteiger partial charge >= 0.3 is 0 Å². The summed E-state index contributed by atoms with van der Waals surface area (Å²) in [7, 11) is 1.87. The van der Waals surface area contributed by atoms with Crippen molar-refractivity contribution >= 4 is 40.9 Å². The molecule has 1 fully saturated rings. The monoisotopic (exact) mass is 437 g/mol. The zero-order chi connectivity index (χ0) is 20.7. The number of carbonyl (C=O) groups is 1. The molecule has 0 unspecified atom stereocenters. The zero-order valence-corrected chi connectivity index (χ0v) is 18.2. The third-order valence-electron chi connectivity index (χ3n) is 5.40. The first-order chi connectivity index (χ1) is 14.6. The fourth-order valence-corrected chi connectivity index (χ4v) is 3.73. The molecule has 2 aromatic carbocycles. The van der Waals surface area contributed by atoms with E-state index in [1.165, 1.54) is 18.4 Å². The molecule has 0 aliphatic heterocycles. The normalized spacial score (nSPS) is 13.1. The SMILES string of the molecule is CCNC(=O)c1ccc(-c2nc(Nc3ccc4[nH]ncc4c3C3CC3)n(C)n2)cc1.Cl. The Hall–Kier alpha value is -3.39. The molecule has 1 aliphatic carbocycles. The molecule has 31 heavy (non-hydrogen) atoms. The Balaban J connectivity index is 0.00000231. The predicted molar refractivity (Wildman–Crippen MR) is 123 cm³/mol. The number of fused-ring (bicyclic) bond motifs is 1. The van der Waals surface area contributed by atoms with Crippen LogP contribution >= 0.6 is 12.4 Å². The molecule has 5 rings (SSSR count). The number of halogens is 1. The van der Waals surface area contributed by atoms with Crippen molar-refractivity contribution in [3.05, 3.63) is 53.7 Å². The van der Waals surface area contributed by atoms with E-state index in [0.29, 0.717) is 29.8 Å². The van der Waals surface area contributed by atoms with E-state index >= 15 is 0 Å². The molecule has 0 saturated heterocycles. The number of aryl methyl sites for hydroxylation is 1. The minimum Gasteiger partial charge on any atom is -0.352 e. The lowest BCUT2D eigenvalue weighted by Crippen LogP contribution is -2.22. The fraction of sp³-hybridized carbons (Fsp3) is 0.273. The van der Waals surface area contributed by atoms with Crippen molar-refractivity contribution in [2.24, 2.45) is 7.05 Å². The van der Waals surface area contributed by atoms with E-state index in [-0.39, 0.29) is 18.3 Å². The second-order valence-electron chi connectivity index (χ2n) is 7.58. The van der Waals surface area contributed by atoms with Crippen molar-refractivity contribution in [3.63, 3.8) is 0 Å². The van der Waals surface area contributed by atoms with Crippen LogP contribution in [0.4, 0.5) is 11.6 Å². The number of anilines is 2. The molecule has 8 nitrogen and oxygen atoms in total. The highest BCUT2D eigenvalue weighted by Crippen LogP contribution is 2.47. The Bertz CT molecular complexity index is 1220. The number of rotatable bonds is 6. The van der Waals surface area contributed by atoms with E-state index in [9.17, 15) is 4.79 Å². The Morgan fingerprint density at radius 3 is 2.68 bits per heavy atom. The van der Waals surface area contributed by atoms with Gasteiger partial charge in [0.2, 0.25) is 5.95 Å². The van der Waals surface area contributed by atoms with Gasteiger partial charge in [-0.15, -0.1) is 17.5 Å². The quantitative estimate of drug-likeness (QED) is 0.420. The minimum absolute atomic E-state index is 0. The standard InChI is InChI=1S/C22H23N7O.ClH/c1-3-23-21(30)15-8-6-14(7-9-15)20-26-22(29(2)28-20)25-18-11-10-17-16(12-24-27-17)19(18)13-4-5-13;/h6-13H,3-5H2,1-2H3,(H,23,30)(H,24,27)(H,25,26,28);1H. The molecule has 0 radical (unpaired) electrons. The first-order valence-electron chi connectivity index (χ1n) is 10.2. The Morgan fingerprint density at radius 1 is 1.19 bits per heavy atom. The van der Waals surface area contributed by atoms with Gasteiger partial charge in [0.15, 0.2) is 5.82 Å². The maximum Gasteiger partial charge on any atom is 0.251 e. The Morgan fingerprint density at radius 2 is 1.97 bits per heavy atom. The maximum absolute atomic E-state index is 12.0. The van der Waals surface area contributed by atoms with E-state index in [1.54, 1.807) is 16.8 Å². The van der Waals surface area contributed by atoms with Crippen molar-refractivity contribution in [3.8, 4) is 11.4 Å². The number of hydrogen-bond acceptors (Lipinski definition) is 5. The number of hydrogen-bond donors (Lipinski definition) is 3. The summed E-state index contributed by atoms with van der Waals surface area (Å²) in [5.74, 6) is 1.76. The molecular weight excluding hydrogens is 414 g/mol. The second kappa shape index (κ2) is 8.39. The van der Waals surface area contributed by atoms with Gasteiger partial charge in [0.05, 0.1) is 11.7 Å². The number of amides is 1. The van der Waals surface area contributed by atoms with Gasteiger partial charge in [-0.1, -0.05) is 12.1 Å². The predicted octanol–water partition coefficient (Wildman–Crippen LogP) is 4.15. The van der Waals surface area contributed by atoms with Gasteiger partial charge in [-0.2, -0.15) is 10.1 Å². The van der Waals surface area contributed by atoms with Crippen LogP contribution in [-0.4, -0.2) is 37.4 Å². The summed E-state index contributed by atoms with van der Waals surface area (Å²) in [5, 5.41) is 19.2. The van der Waals surface area contributed by atoms with Crippen molar-refractivity contribution in [2.75, 3.05) is 11.9 Å². The van der Waals surface area contributed by atoms with Gasteiger partial charge < -0.3 is 10.6 Å². The average molecular weight is 438 g/mol. The number of carbonyl (C=O) groups excluding carboxylic acids is 1. The average Bonchev–Trinajstić information content (AvgIpc) is 3.36. The molecular formula is C22H24ClN7O. The van der Waals surface area contributed by atoms with Crippen LogP contribution in [-0.2, 0) is 7.05 Å². The van der Waals surface area contributed by atoms with Crippen molar-refractivity contribution in [1.29, 1.82) is 0 Å². The number of aromatic nitrogens is 5. The van der Waals surface area contributed by atoms with Gasteiger partial charge in [0.1, 0.15) is 0 Å². The highest BCUT2D eigenvalue weighted by Gasteiger charge is 2.29. The van der Waals surface area contributed by atoms with Crippen LogP contribution in [0.15, 0.2) is 42.6 Å². The largest absolute Gasteiger partial charge is 0.352 e. The second-order valence-corrected chi connectivity index (χ2v) is 7.58. The minimum atomic E-state index is -0.0809. The molecule has 2 heterocycles. The van der Waals surface area contributed by atoms with E-state index in [2.05, 4.69) is 32.0 Å². The molecule has 0 bridgehead atoms. The number of nitrogens with one attached hydrogen (secondary N) is 3. The fourth-order valence-electron chi connectivity index (χ4n) is 3.73. The number of benzene rings is 2. The van der Waals surface area contributed by atoms with Crippen molar-refractivity contribution in [2.45, 2.75) is 25.7 Å². The van der Waals surface area contributed by atoms with Gasteiger partial charge in [0, 0.05) is 35.8 Å². The Kier molecular flexibility index (Phi) is 5.65. The highest BCUT2D eigenvalue weighted by molar-refractivity contribution is 5.94. The lowest BCUT2D eigenvalue weighted by molar-refractivity contribution is 0.0956. The summed E-state index contributed by atoms with van der Waals surface area (Å²) in [6.07, 6.45) is 4.29. The topological polar surface area (TPSA) is 101 Å². The third-order valence-corrected chi connectivity index (χ3v) is 5.40. The van der Waals surface area contributed by atoms with Crippen molar-refractivity contribution in [1.82, 2.24) is 30.3 Å². The molecule has 0 atom stereocenters. The van der Waals surface area contributed by atoms with E-state index in [4.69, 9.17) is 4.98 Å². The number of nitrogens with zero attached hydrogens (tertiary/aromatic N) is 4. The lowest BCUT2D eigenvalue weighted by atomic mass is 10.0. The molecule has 1 amide bonds. The summed E-state index contributed by atoms with van der Waals surface area (Å²) in [4.78, 5) is 16.6. The first-order valence-corrected chi connectivity index (χ1v) is 10.2. The van der Waals surface area contributed by atoms with Crippen LogP contribution in [0.25, 0.3) is 22.3 Å². The molecule has 160 valence electrons. The first kappa shape index (κ1) is 20.9. The van der Waals surface area contributed by atoms with E-state index in [1.807, 2.05) is 38.4 Å². The van der Waals surface area contributed by atoms with Gasteiger partial charge in [-0.25, -0.2) is 4.68 Å². The van der Waals surface area contributed by atoms with Crippen LogP contribution < -0.4 is 10.6 Å². The summed E-state index contributed by atoms with van der Waals surface area (Å²) in [5.41, 5.74) is 4.86. The van der Waals surface area contributed by atoms with Crippen LogP contribution in [0.5, 0.6) is 0 Å². The van der Waals surface area contributed by atoms with Crippen LogP contribution in [0.1, 0.15) is 41.6 Å². The van der Waals surface area contributed by atoms with E-state index in [0.717, 1.165) is 22.2 Å². The van der Waals surface area contributed by atoms with E-state index < -0.39 is 0 Å². The summed E-state index contributed by atoms with van der Waals surface area (Å²) >= 11 is 0. The number of H-pyrrole nitrogens is 1. The molecule has 0 spiro atoms. The van der Waals surface area contributed by atoms with Gasteiger partial charge in [-0.3, -0.25) is 9.89 Å². The molecule has 3 N–H and O–H groups in total. The van der Waals surface area contributed by atoms with Crippen LogP contribution in [0.2, 0.25) is 0 Å². The van der Waals surface area contributed by atoms with Crippen molar-refractivity contribution < 1.29 is 4.79 Å².